The lowest BCUT2D eigenvalue weighted by Gasteiger charge is -2.20. The highest BCUT2D eigenvalue weighted by Gasteiger charge is 2.22. The molecule has 23 heavy (non-hydrogen) atoms. The number of hydrogen-bond donors (Lipinski definition) is 0. The molecule has 0 amide bonds. The Morgan fingerprint density at radius 1 is 1.09 bits per heavy atom. The quantitative estimate of drug-likeness (QED) is 0.813. The van der Waals surface area contributed by atoms with E-state index in [0.717, 1.165) is 5.56 Å². The van der Waals surface area contributed by atoms with Gasteiger partial charge in [0.25, 0.3) is 10.0 Å². The van der Waals surface area contributed by atoms with Crippen molar-refractivity contribution in [1.29, 1.82) is 0 Å². The molecule has 124 valence electrons. The minimum absolute atomic E-state index is 0.233. The van der Waals surface area contributed by atoms with Crippen LogP contribution in [0.25, 0.3) is 0 Å². The fraction of sp³-hybridized carbons (Fsp3) is 0.294. The van der Waals surface area contributed by atoms with Gasteiger partial charge in [0, 0.05) is 7.05 Å². The van der Waals surface area contributed by atoms with E-state index >= 15 is 0 Å². The van der Waals surface area contributed by atoms with Crippen molar-refractivity contribution in [3.8, 4) is 11.5 Å². The number of nitrogens with zero attached hydrogens (tertiary/aromatic N) is 1. The van der Waals surface area contributed by atoms with E-state index in [4.69, 9.17) is 9.47 Å². The van der Waals surface area contributed by atoms with Gasteiger partial charge in [0.2, 0.25) is 0 Å². The van der Waals surface area contributed by atoms with Gasteiger partial charge in [-0.1, -0.05) is 0 Å². The summed E-state index contributed by atoms with van der Waals surface area (Å²) < 4.78 is 37.3. The molecule has 0 aromatic heterocycles. The summed E-state index contributed by atoms with van der Waals surface area (Å²) in [6.45, 7) is 4.26. The average Bonchev–Trinajstić information content (AvgIpc) is 2.56. The van der Waals surface area contributed by atoms with Crippen molar-refractivity contribution in [3.63, 3.8) is 0 Å². The Hall–Kier alpha value is -2.21. The SMILES string of the molecule is CCOc1ccc(S(=O)(=O)N(C)c2ccc(OC)cc2)cc1C. The van der Waals surface area contributed by atoms with Gasteiger partial charge >= 0.3 is 0 Å². The molecule has 0 saturated carbocycles. The highest BCUT2D eigenvalue weighted by atomic mass is 32.2. The van der Waals surface area contributed by atoms with E-state index in [1.165, 1.54) is 11.4 Å². The van der Waals surface area contributed by atoms with Crippen LogP contribution in [0, 0.1) is 6.92 Å². The van der Waals surface area contributed by atoms with Crippen LogP contribution in [0.1, 0.15) is 12.5 Å². The molecule has 0 N–H and O–H groups in total. The van der Waals surface area contributed by atoms with Crippen LogP contribution in [-0.4, -0.2) is 29.2 Å². The van der Waals surface area contributed by atoms with E-state index in [2.05, 4.69) is 0 Å². The predicted molar refractivity (Wildman–Crippen MR) is 90.9 cm³/mol. The second kappa shape index (κ2) is 6.91. The summed E-state index contributed by atoms with van der Waals surface area (Å²) in [5, 5.41) is 0. The zero-order valence-corrected chi connectivity index (χ0v) is 14.6. The molecule has 0 atom stereocenters. The molecule has 0 aliphatic carbocycles. The zero-order chi connectivity index (χ0) is 17.0. The van der Waals surface area contributed by atoms with E-state index in [1.54, 1.807) is 49.6 Å². The minimum atomic E-state index is -3.63. The van der Waals surface area contributed by atoms with Gasteiger partial charge in [0.1, 0.15) is 11.5 Å². The average molecular weight is 335 g/mol. The lowest BCUT2D eigenvalue weighted by atomic mass is 10.2. The summed E-state index contributed by atoms with van der Waals surface area (Å²) in [5.74, 6) is 1.37. The maximum atomic E-state index is 12.8. The standard InChI is InChI=1S/C17H21NO4S/c1-5-22-17-11-10-16(12-13(17)2)23(19,20)18(3)14-6-8-15(21-4)9-7-14/h6-12H,5H2,1-4H3. The summed E-state index contributed by atoms with van der Waals surface area (Å²) in [6.07, 6.45) is 0. The molecule has 5 nitrogen and oxygen atoms in total. The molecule has 2 aromatic rings. The first kappa shape index (κ1) is 17.1. The van der Waals surface area contributed by atoms with Crippen LogP contribution < -0.4 is 13.8 Å². The fourth-order valence-corrected chi connectivity index (χ4v) is 3.47. The third kappa shape index (κ3) is 3.59. The van der Waals surface area contributed by atoms with Gasteiger partial charge < -0.3 is 9.47 Å². The molecule has 0 bridgehead atoms. The second-order valence-electron chi connectivity index (χ2n) is 5.03. The van der Waals surface area contributed by atoms with Crippen molar-refractivity contribution in [1.82, 2.24) is 0 Å². The Balaban J connectivity index is 2.34. The number of rotatable bonds is 6. The summed E-state index contributed by atoms with van der Waals surface area (Å²) in [5.41, 5.74) is 1.35. The predicted octanol–water partition coefficient (Wildman–Crippen LogP) is 3.23. The maximum absolute atomic E-state index is 12.8. The second-order valence-corrected chi connectivity index (χ2v) is 7.00. The topological polar surface area (TPSA) is 55.8 Å². The third-order valence-corrected chi connectivity index (χ3v) is 5.32. The highest BCUT2D eigenvalue weighted by molar-refractivity contribution is 7.92. The van der Waals surface area contributed by atoms with Crippen LogP contribution in [0.2, 0.25) is 0 Å². The molecular weight excluding hydrogens is 314 g/mol. The van der Waals surface area contributed by atoms with Crippen LogP contribution in [0.5, 0.6) is 11.5 Å². The molecule has 0 radical (unpaired) electrons. The van der Waals surface area contributed by atoms with E-state index in [0.29, 0.717) is 23.8 Å². The Kier molecular flexibility index (Phi) is 5.15. The first-order chi connectivity index (χ1) is 10.9. The van der Waals surface area contributed by atoms with Crippen LogP contribution in [0.15, 0.2) is 47.4 Å². The molecule has 6 heteroatoms. The van der Waals surface area contributed by atoms with Gasteiger partial charge in [-0.25, -0.2) is 8.42 Å². The van der Waals surface area contributed by atoms with Crippen molar-refractivity contribution >= 4 is 15.7 Å². The number of benzene rings is 2. The minimum Gasteiger partial charge on any atom is -0.497 e. The lowest BCUT2D eigenvalue weighted by molar-refractivity contribution is 0.337. The highest BCUT2D eigenvalue weighted by Crippen LogP contribution is 2.27. The van der Waals surface area contributed by atoms with Gasteiger partial charge in [-0.15, -0.1) is 0 Å². The Morgan fingerprint density at radius 2 is 1.74 bits per heavy atom. The van der Waals surface area contributed by atoms with Crippen LogP contribution in [0.4, 0.5) is 5.69 Å². The maximum Gasteiger partial charge on any atom is 0.264 e. The first-order valence-electron chi connectivity index (χ1n) is 7.26. The van der Waals surface area contributed by atoms with Gasteiger partial charge in [0.15, 0.2) is 0 Å². The van der Waals surface area contributed by atoms with Gasteiger partial charge in [0.05, 0.1) is 24.3 Å². The molecular formula is C17H21NO4S. The Bertz CT molecular complexity index is 770. The molecule has 0 spiro atoms. The number of anilines is 1. The summed E-state index contributed by atoms with van der Waals surface area (Å²) in [7, 11) is -0.531. The van der Waals surface area contributed by atoms with Crippen molar-refractivity contribution in [2.24, 2.45) is 0 Å². The molecule has 0 unspecified atom stereocenters. The van der Waals surface area contributed by atoms with Crippen LogP contribution >= 0.6 is 0 Å². The molecule has 0 aliphatic heterocycles. The number of sulfonamides is 1. The Labute approximate surface area is 137 Å². The van der Waals surface area contributed by atoms with Crippen molar-refractivity contribution in [2.75, 3.05) is 25.1 Å². The third-order valence-electron chi connectivity index (χ3n) is 3.54. The number of ether oxygens (including phenoxy) is 2. The number of methoxy groups -OCH3 is 1. The molecule has 0 heterocycles. The monoisotopic (exact) mass is 335 g/mol. The lowest BCUT2D eigenvalue weighted by Crippen LogP contribution is -2.26. The van der Waals surface area contributed by atoms with E-state index < -0.39 is 10.0 Å². The van der Waals surface area contributed by atoms with Gasteiger partial charge in [-0.05, 0) is 61.9 Å². The molecule has 2 aromatic carbocycles. The van der Waals surface area contributed by atoms with Gasteiger partial charge in [-0.2, -0.15) is 0 Å². The van der Waals surface area contributed by atoms with Gasteiger partial charge in [-0.3, -0.25) is 4.31 Å². The van der Waals surface area contributed by atoms with Crippen LogP contribution in [-0.2, 0) is 10.0 Å². The molecule has 0 fully saturated rings. The van der Waals surface area contributed by atoms with E-state index in [-0.39, 0.29) is 4.90 Å². The molecule has 2 rings (SSSR count). The van der Waals surface area contributed by atoms with Crippen molar-refractivity contribution in [2.45, 2.75) is 18.7 Å². The first-order valence-corrected chi connectivity index (χ1v) is 8.70. The number of hydrogen-bond acceptors (Lipinski definition) is 4. The summed E-state index contributed by atoms with van der Waals surface area (Å²) >= 11 is 0. The van der Waals surface area contributed by atoms with E-state index in [1.807, 2.05) is 13.8 Å². The summed E-state index contributed by atoms with van der Waals surface area (Å²) in [6, 6.07) is 11.7. The fourth-order valence-electron chi connectivity index (χ4n) is 2.19. The molecule has 0 saturated heterocycles. The largest absolute Gasteiger partial charge is 0.497 e. The van der Waals surface area contributed by atoms with E-state index in [9.17, 15) is 8.42 Å². The Morgan fingerprint density at radius 3 is 2.26 bits per heavy atom. The van der Waals surface area contributed by atoms with Crippen molar-refractivity contribution < 1.29 is 17.9 Å². The van der Waals surface area contributed by atoms with Crippen LogP contribution in [0.3, 0.4) is 0 Å². The normalized spacial score (nSPS) is 11.1. The smallest absolute Gasteiger partial charge is 0.264 e. The molecule has 0 aliphatic rings. The number of aryl methyl sites for hydroxylation is 1. The summed E-state index contributed by atoms with van der Waals surface area (Å²) in [4.78, 5) is 0.233. The van der Waals surface area contributed by atoms with Crippen molar-refractivity contribution in [3.05, 3.63) is 48.0 Å². The zero-order valence-electron chi connectivity index (χ0n) is 13.7.